The van der Waals surface area contributed by atoms with E-state index in [0.29, 0.717) is 23.2 Å². The van der Waals surface area contributed by atoms with Crippen LogP contribution < -0.4 is 10.1 Å². The fourth-order valence-corrected chi connectivity index (χ4v) is 3.39. The summed E-state index contributed by atoms with van der Waals surface area (Å²) >= 11 is 6.16. The van der Waals surface area contributed by atoms with E-state index in [1.165, 1.54) is 0 Å². The Kier molecular flexibility index (Phi) is 6.92. The Hall–Kier alpha value is -2.28. The van der Waals surface area contributed by atoms with Gasteiger partial charge < -0.3 is 15.0 Å². The summed E-state index contributed by atoms with van der Waals surface area (Å²) in [6.45, 7) is 7.37. The third kappa shape index (κ3) is 5.35. The maximum absolute atomic E-state index is 6.16. The van der Waals surface area contributed by atoms with Gasteiger partial charge in [0.05, 0.1) is 11.6 Å². The van der Waals surface area contributed by atoms with Gasteiger partial charge in [0.1, 0.15) is 24.0 Å². The molecule has 0 spiro atoms. The van der Waals surface area contributed by atoms with Crippen LogP contribution in [0, 0.1) is 0 Å². The number of nitrogens with one attached hydrogen (secondary N) is 2. The molecule has 0 amide bonds. The Morgan fingerprint density at radius 2 is 2.19 bits per heavy atom. The first-order chi connectivity index (χ1) is 13.2. The van der Waals surface area contributed by atoms with Gasteiger partial charge in [0.2, 0.25) is 0 Å². The lowest BCUT2D eigenvalue weighted by Gasteiger charge is -2.33. The highest BCUT2D eigenvalue weighted by molar-refractivity contribution is 6.32. The van der Waals surface area contributed by atoms with Gasteiger partial charge in [0, 0.05) is 25.6 Å². The second-order valence-corrected chi connectivity index (χ2v) is 7.09. The number of aliphatic imine (C=N–C) groups is 1. The van der Waals surface area contributed by atoms with Crippen molar-refractivity contribution in [3.63, 3.8) is 0 Å². The summed E-state index contributed by atoms with van der Waals surface area (Å²) in [6.07, 6.45) is 3.58. The molecule has 1 aromatic heterocycles. The van der Waals surface area contributed by atoms with Crippen molar-refractivity contribution in [2.45, 2.75) is 38.7 Å². The van der Waals surface area contributed by atoms with E-state index in [2.05, 4.69) is 32.3 Å². The highest BCUT2D eigenvalue weighted by Gasteiger charge is 2.24. The number of ether oxygens (including phenoxy) is 1. The van der Waals surface area contributed by atoms with Crippen molar-refractivity contribution in [2.24, 2.45) is 4.99 Å². The lowest BCUT2D eigenvalue weighted by atomic mass is 9.96. The van der Waals surface area contributed by atoms with E-state index < -0.39 is 0 Å². The molecule has 2 heterocycles. The van der Waals surface area contributed by atoms with Crippen LogP contribution in [-0.4, -0.2) is 58.3 Å². The van der Waals surface area contributed by atoms with Crippen molar-refractivity contribution in [2.75, 3.05) is 26.2 Å². The number of para-hydroxylation sites is 1. The van der Waals surface area contributed by atoms with Gasteiger partial charge in [-0.1, -0.05) is 23.7 Å². The fraction of sp³-hybridized carbons (Fsp3) is 0.526. The van der Waals surface area contributed by atoms with Gasteiger partial charge >= 0.3 is 0 Å². The number of halogens is 1. The van der Waals surface area contributed by atoms with Gasteiger partial charge in [0.25, 0.3) is 0 Å². The smallest absolute Gasteiger partial charge is 0.194 e. The standard InChI is InChI=1S/C19H27ClN6O/c1-3-21-19(22-12-14(2)27-17-7-5-4-6-16(17)20)26-10-8-15(9-11-26)18-23-13-24-25-18/h4-7,13-15H,3,8-12H2,1-2H3,(H,21,22)(H,23,24,25). The molecule has 2 aromatic rings. The predicted molar refractivity (Wildman–Crippen MR) is 107 cm³/mol. The molecule has 3 rings (SSSR count). The normalized spacial score (nSPS) is 17.0. The molecule has 0 bridgehead atoms. The number of hydrogen-bond donors (Lipinski definition) is 2. The molecule has 1 fully saturated rings. The Morgan fingerprint density at radius 3 is 2.85 bits per heavy atom. The van der Waals surface area contributed by atoms with Gasteiger partial charge in [-0.25, -0.2) is 9.98 Å². The van der Waals surface area contributed by atoms with Crippen molar-refractivity contribution >= 4 is 17.6 Å². The van der Waals surface area contributed by atoms with Crippen LogP contribution >= 0.6 is 11.6 Å². The molecule has 1 aliphatic rings. The molecular weight excluding hydrogens is 364 g/mol. The van der Waals surface area contributed by atoms with E-state index in [1.54, 1.807) is 6.33 Å². The molecule has 1 aromatic carbocycles. The van der Waals surface area contributed by atoms with Crippen LogP contribution in [-0.2, 0) is 0 Å². The van der Waals surface area contributed by atoms with Crippen LogP contribution in [0.2, 0.25) is 5.02 Å². The van der Waals surface area contributed by atoms with Gasteiger partial charge in [-0.05, 0) is 38.8 Å². The second-order valence-electron chi connectivity index (χ2n) is 6.69. The van der Waals surface area contributed by atoms with Crippen LogP contribution in [0.15, 0.2) is 35.6 Å². The summed E-state index contributed by atoms with van der Waals surface area (Å²) in [5.74, 6) is 3.05. The molecule has 1 atom stereocenters. The molecule has 0 aliphatic carbocycles. The number of guanidine groups is 1. The highest BCUT2D eigenvalue weighted by atomic mass is 35.5. The number of rotatable bonds is 6. The Morgan fingerprint density at radius 1 is 1.41 bits per heavy atom. The largest absolute Gasteiger partial charge is 0.487 e. The molecule has 8 heteroatoms. The van der Waals surface area contributed by atoms with E-state index in [0.717, 1.165) is 44.3 Å². The first-order valence-corrected chi connectivity index (χ1v) is 9.85. The van der Waals surface area contributed by atoms with Gasteiger partial charge in [0.15, 0.2) is 5.96 Å². The van der Waals surface area contributed by atoms with E-state index in [9.17, 15) is 0 Å². The molecule has 0 saturated carbocycles. The highest BCUT2D eigenvalue weighted by Crippen LogP contribution is 2.25. The summed E-state index contributed by atoms with van der Waals surface area (Å²) in [5, 5.41) is 11.0. The maximum atomic E-state index is 6.16. The quantitative estimate of drug-likeness (QED) is 0.585. The molecule has 1 aliphatic heterocycles. The number of likely N-dealkylation sites (tertiary alicyclic amines) is 1. The zero-order valence-corrected chi connectivity index (χ0v) is 16.6. The van der Waals surface area contributed by atoms with Crippen LogP contribution in [0.4, 0.5) is 0 Å². The number of nitrogens with zero attached hydrogens (tertiary/aromatic N) is 4. The fourth-order valence-electron chi connectivity index (χ4n) is 3.21. The minimum absolute atomic E-state index is 0.0645. The van der Waals surface area contributed by atoms with Gasteiger partial charge in [-0.3, -0.25) is 5.10 Å². The van der Waals surface area contributed by atoms with Crippen molar-refractivity contribution < 1.29 is 4.74 Å². The number of aromatic amines is 1. The number of hydrogen-bond acceptors (Lipinski definition) is 4. The van der Waals surface area contributed by atoms with Crippen LogP contribution in [0.5, 0.6) is 5.75 Å². The van der Waals surface area contributed by atoms with Crippen molar-refractivity contribution in [1.29, 1.82) is 0 Å². The zero-order valence-electron chi connectivity index (χ0n) is 15.9. The van der Waals surface area contributed by atoms with Crippen molar-refractivity contribution in [1.82, 2.24) is 25.4 Å². The van der Waals surface area contributed by atoms with E-state index in [4.69, 9.17) is 21.3 Å². The topological polar surface area (TPSA) is 78.4 Å². The summed E-state index contributed by atoms with van der Waals surface area (Å²) in [4.78, 5) is 11.4. The van der Waals surface area contributed by atoms with Crippen LogP contribution in [0.1, 0.15) is 38.4 Å². The van der Waals surface area contributed by atoms with E-state index in [-0.39, 0.29) is 6.10 Å². The molecule has 1 saturated heterocycles. The average molecular weight is 391 g/mol. The third-order valence-electron chi connectivity index (χ3n) is 4.61. The minimum atomic E-state index is -0.0645. The number of benzene rings is 1. The first-order valence-electron chi connectivity index (χ1n) is 9.47. The minimum Gasteiger partial charge on any atom is -0.487 e. The molecular formula is C19H27ClN6O. The SMILES string of the molecule is CCNC(=NCC(C)Oc1ccccc1Cl)N1CCC(c2ncn[nH]2)CC1. The summed E-state index contributed by atoms with van der Waals surface area (Å²) < 4.78 is 5.92. The van der Waals surface area contributed by atoms with E-state index in [1.807, 2.05) is 31.2 Å². The number of piperidine rings is 1. The van der Waals surface area contributed by atoms with E-state index >= 15 is 0 Å². The lowest BCUT2D eigenvalue weighted by Crippen LogP contribution is -2.45. The lowest BCUT2D eigenvalue weighted by molar-refractivity contribution is 0.228. The third-order valence-corrected chi connectivity index (χ3v) is 4.92. The van der Waals surface area contributed by atoms with Crippen LogP contribution in [0.3, 0.4) is 0 Å². The molecule has 27 heavy (non-hydrogen) atoms. The maximum Gasteiger partial charge on any atom is 0.194 e. The molecule has 2 N–H and O–H groups in total. The van der Waals surface area contributed by atoms with Crippen molar-refractivity contribution in [3.05, 3.63) is 41.4 Å². The Labute approximate surface area is 165 Å². The monoisotopic (exact) mass is 390 g/mol. The molecule has 0 radical (unpaired) electrons. The number of aromatic nitrogens is 3. The Balaban J connectivity index is 1.55. The van der Waals surface area contributed by atoms with Gasteiger partial charge in [-0.15, -0.1) is 0 Å². The molecule has 7 nitrogen and oxygen atoms in total. The average Bonchev–Trinajstić information content (AvgIpc) is 3.22. The summed E-state index contributed by atoms with van der Waals surface area (Å²) in [6, 6.07) is 7.52. The van der Waals surface area contributed by atoms with Crippen molar-refractivity contribution in [3.8, 4) is 5.75 Å². The van der Waals surface area contributed by atoms with Gasteiger partial charge in [-0.2, -0.15) is 5.10 Å². The first kappa shape index (κ1) is 19.5. The number of H-pyrrole nitrogens is 1. The van der Waals surface area contributed by atoms with Crippen LogP contribution in [0.25, 0.3) is 0 Å². The molecule has 146 valence electrons. The summed E-state index contributed by atoms with van der Waals surface area (Å²) in [7, 11) is 0. The summed E-state index contributed by atoms with van der Waals surface area (Å²) in [5.41, 5.74) is 0. The predicted octanol–water partition coefficient (Wildman–Crippen LogP) is 3.07. The second kappa shape index (κ2) is 9.60. The molecule has 1 unspecified atom stereocenters. The Bertz CT molecular complexity index is 728. The zero-order chi connectivity index (χ0) is 19.1.